The van der Waals surface area contributed by atoms with Gasteiger partial charge in [0.2, 0.25) is 5.91 Å². The number of hydrogen-bond donors (Lipinski definition) is 1. The van der Waals surface area contributed by atoms with E-state index in [2.05, 4.69) is 65.8 Å². The average molecular weight is 373 g/mol. The lowest BCUT2D eigenvalue weighted by molar-refractivity contribution is -0.118. The van der Waals surface area contributed by atoms with Gasteiger partial charge in [-0.1, -0.05) is 23.9 Å². The van der Waals surface area contributed by atoms with Gasteiger partial charge in [0.25, 0.3) is 0 Å². The Morgan fingerprint density at radius 2 is 2.19 bits per heavy atom. The molecule has 1 heterocycles. The number of benzene rings is 1. The molecule has 3 rings (SSSR count). The minimum Gasteiger partial charge on any atom is -0.354 e. The van der Waals surface area contributed by atoms with E-state index < -0.39 is 0 Å². The summed E-state index contributed by atoms with van der Waals surface area (Å²) in [7, 11) is 2.14. The summed E-state index contributed by atoms with van der Waals surface area (Å²) in [5, 5.41) is 3.89. The highest BCUT2D eigenvalue weighted by Gasteiger charge is 2.29. The van der Waals surface area contributed by atoms with Crippen LogP contribution < -0.4 is 5.32 Å². The molecule has 26 heavy (non-hydrogen) atoms. The summed E-state index contributed by atoms with van der Waals surface area (Å²) < 4.78 is 2.06. The Labute approximate surface area is 160 Å². The van der Waals surface area contributed by atoms with Crippen LogP contribution in [-0.2, 0) is 4.79 Å². The van der Waals surface area contributed by atoms with Gasteiger partial charge in [0.05, 0.1) is 11.4 Å². The first-order valence-electron chi connectivity index (χ1n) is 9.18. The van der Waals surface area contributed by atoms with Gasteiger partial charge in [-0.25, -0.2) is 4.98 Å². The number of hydrogen-bond acceptors (Lipinski definition) is 4. The molecule has 1 aromatic heterocycles. The summed E-state index contributed by atoms with van der Waals surface area (Å²) in [5.74, 6) is 0.434. The minimum absolute atomic E-state index is 0.0570. The van der Waals surface area contributed by atoms with Crippen molar-refractivity contribution >= 4 is 17.7 Å². The summed E-state index contributed by atoms with van der Waals surface area (Å²) in [6, 6.07) is 7.45. The summed E-state index contributed by atoms with van der Waals surface area (Å²) in [6.45, 7) is 7.03. The predicted molar refractivity (Wildman–Crippen MR) is 107 cm³/mol. The predicted octanol–water partition coefficient (Wildman–Crippen LogP) is 3.18. The van der Waals surface area contributed by atoms with Crippen molar-refractivity contribution in [3.63, 3.8) is 0 Å². The van der Waals surface area contributed by atoms with E-state index in [1.165, 1.54) is 35.7 Å². The maximum atomic E-state index is 12.2. The molecule has 1 N–H and O–H groups in total. The second-order valence-electron chi connectivity index (χ2n) is 7.21. The Hall–Kier alpha value is -1.79. The van der Waals surface area contributed by atoms with E-state index in [1.807, 2.05) is 6.20 Å². The van der Waals surface area contributed by atoms with Crippen LogP contribution in [0.4, 0.5) is 0 Å². The lowest BCUT2D eigenvalue weighted by Gasteiger charge is -2.24. The van der Waals surface area contributed by atoms with Crippen LogP contribution in [0.1, 0.15) is 30.9 Å². The molecule has 1 aliphatic carbocycles. The third-order valence-corrected chi connectivity index (χ3v) is 5.94. The number of likely N-dealkylation sites (N-methyl/N-ethyl adjacent to an activating group) is 1. The van der Waals surface area contributed by atoms with Gasteiger partial charge >= 0.3 is 0 Å². The molecule has 0 spiro atoms. The van der Waals surface area contributed by atoms with Gasteiger partial charge in [0.15, 0.2) is 5.16 Å². The van der Waals surface area contributed by atoms with Crippen molar-refractivity contribution < 1.29 is 4.79 Å². The topological polar surface area (TPSA) is 50.2 Å². The second-order valence-corrected chi connectivity index (χ2v) is 8.15. The third kappa shape index (κ3) is 4.68. The Morgan fingerprint density at radius 1 is 1.42 bits per heavy atom. The Kier molecular flexibility index (Phi) is 6.04. The van der Waals surface area contributed by atoms with Crippen molar-refractivity contribution in [1.29, 1.82) is 0 Å². The second kappa shape index (κ2) is 8.27. The Bertz CT molecular complexity index is 769. The van der Waals surface area contributed by atoms with E-state index >= 15 is 0 Å². The number of nitrogens with one attached hydrogen (secondary N) is 1. The standard InChI is InChI=1S/C20H28N4OS/c1-14-5-6-15(2)18(11-14)24-10-9-21-20(24)26-13-19(25)22-12-16(3)23(4)17-7-8-17/h5-6,9-11,16-17H,7-8,12-13H2,1-4H3,(H,22,25). The van der Waals surface area contributed by atoms with Crippen molar-refractivity contribution in [3.8, 4) is 5.69 Å². The molecule has 2 aromatic rings. The van der Waals surface area contributed by atoms with Crippen molar-refractivity contribution in [2.24, 2.45) is 0 Å². The SMILES string of the molecule is Cc1ccc(C)c(-n2ccnc2SCC(=O)NCC(C)N(C)C2CC2)c1. The third-order valence-electron chi connectivity index (χ3n) is 4.98. The van der Waals surface area contributed by atoms with Crippen LogP contribution in [-0.4, -0.2) is 51.8 Å². The van der Waals surface area contributed by atoms with Crippen LogP contribution in [0.2, 0.25) is 0 Å². The lowest BCUT2D eigenvalue weighted by Crippen LogP contribution is -2.41. The molecule has 1 unspecified atom stereocenters. The zero-order valence-corrected chi connectivity index (χ0v) is 16.8. The van der Waals surface area contributed by atoms with Crippen LogP contribution >= 0.6 is 11.8 Å². The van der Waals surface area contributed by atoms with Crippen molar-refractivity contribution in [2.45, 2.75) is 50.9 Å². The van der Waals surface area contributed by atoms with Gasteiger partial charge in [-0.15, -0.1) is 0 Å². The van der Waals surface area contributed by atoms with Gasteiger partial charge in [0.1, 0.15) is 0 Å². The maximum Gasteiger partial charge on any atom is 0.230 e. The molecule has 140 valence electrons. The first-order valence-corrected chi connectivity index (χ1v) is 10.2. The van der Waals surface area contributed by atoms with E-state index in [4.69, 9.17) is 0 Å². The fourth-order valence-corrected chi connectivity index (χ4v) is 3.78. The Balaban J connectivity index is 1.54. The number of amides is 1. The van der Waals surface area contributed by atoms with E-state index in [9.17, 15) is 4.79 Å². The fraction of sp³-hybridized carbons (Fsp3) is 0.500. The molecular weight excluding hydrogens is 344 g/mol. The fourth-order valence-electron chi connectivity index (χ4n) is 2.99. The summed E-state index contributed by atoms with van der Waals surface area (Å²) in [4.78, 5) is 19.0. The monoisotopic (exact) mass is 372 g/mol. The highest BCUT2D eigenvalue weighted by atomic mass is 32.2. The number of aromatic nitrogens is 2. The minimum atomic E-state index is 0.0570. The highest BCUT2D eigenvalue weighted by Crippen LogP contribution is 2.27. The van der Waals surface area contributed by atoms with Crippen LogP contribution in [0.15, 0.2) is 35.7 Å². The van der Waals surface area contributed by atoms with Crippen molar-refractivity contribution in [2.75, 3.05) is 19.3 Å². The molecule has 0 radical (unpaired) electrons. The zero-order valence-electron chi connectivity index (χ0n) is 16.0. The smallest absolute Gasteiger partial charge is 0.230 e. The van der Waals surface area contributed by atoms with Crippen LogP contribution in [0.3, 0.4) is 0 Å². The van der Waals surface area contributed by atoms with E-state index in [1.54, 1.807) is 6.20 Å². The van der Waals surface area contributed by atoms with Gasteiger partial charge in [-0.05, 0) is 57.9 Å². The molecule has 6 heteroatoms. The number of carbonyl (C=O) groups is 1. The quantitative estimate of drug-likeness (QED) is 0.723. The first kappa shape index (κ1) is 19.0. The van der Waals surface area contributed by atoms with Crippen LogP contribution in [0.5, 0.6) is 0 Å². The van der Waals surface area contributed by atoms with Gasteiger partial charge in [-0.2, -0.15) is 0 Å². The highest BCUT2D eigenvalue weighted by molar-refractivity contribution is 7.99. The number of aryl methyl sites for hydroxylation is 2. The number of rotatable bonds is 8. The first-order chi connectivity index (χ1) is 12.5. The van der Waals surface area contributed by atoms with E-state index in [0.717, 1.165) is 10.8 Å². The average Bonchev–Trinajstić information content (AvgIpc) is 3.37. The largest absolute Gasteiger partial charge is 0.354 e. The molecule has 1 atom stereocenters. The lowest BCUT2D eigenvalue weighted by atomic mass is 10.1. The van der Waals surface area contributed by atoms with Crippen LogP contribution in [0, 0.1) is 13.8 Å². The van der Waals surface area contributed by atoms with Gasteiger partial charge in [0, 0.05) is 31.0 Å². The molecule has 5 nitrogen and oxygen atoms in total. The molecule has 0 saturated heterocycles. The van der Waals surface area contributed by atoms with E-state index in [0.29, 0.717) is 24.4 Å². The summed E-state index contributed by atoms with van der Waals surface area (Å²) in [5.41, 5.74) is 3.52. The molecular formula is C20H28N4OS. The molecule has 1 saturated carbocycles. The molecule has 1 fully saturated rings. The number of imidazole rings is 1. The maximum absolute atomic E-state index is 12.2. The molecule has 1 aromatic carbocycles. The normalized spacial score (nSPS) is 15.3. The number of thioether (sulfide) groups is 1. The van der Waals surface area contributed by atoms with E-state index in [-0.39, 0.29) is 5.91 Å². The zero-order chi connectivity index (χ0) is 18.7. The van der Waals surface area contributed by atoms with Crippen molar-refractivity contribution in [3.05, 3.63) is 41.7 Å². The summed E-state index contributed by atoms with van der Waals surface area (Å²) >= 11 is 1.48. The van der Waals surface area contributed by atoms with Crippen LogP contribution in [0.25, 0.3) is 5.69 Å². The number of nitrogens with zero attached hydrogens (tertiary/aromatic N) is 3. The summed E-state index contributed by atoms with van der Waals surface area (Å²) in [6.07, 6.45) is 6.31. The van der Waals surface area contributed by atoms with Crippen molar-refractivity contribution in [1.82, 2.24) is 19.8 Å². The molecule has 0 bridgehead atoms. The molecule has 1 amide bonds. The molecule has 1 aliphatic rings. The molecule has 0 aliphatic heterocycles. The van der Waals surface area contributed by atoms with Gasteiger partial charge in [-0.3, -0.25) is 14.3 Å². The number of carbonyl (C=O) groups excluding carboxylic acids is 1. The Morgan fingerprint density at radius 3 is 2.92 bits per heavy atom. The van der Waals surface area contributed by atoms with Gasteiger partial charge < -0.3 is 5.32 Å².